The van der Waals surface area contributed by atoms with Crippen LogP contribution in [-0.2, 0) is 9.47 Å². The summed E-state index contributed by atoms with van der Waals surface area (Å²) in [6.45, 7) is 10.2. The minimum absolute atomic E-state index is 0.0868. The molecule has 0 radical (unpaired) electrons. The van der Waals surface area contributed by atoms with Crippen molar-refractivity contribution in [2.24, 2.45) is 11.3 Å². The lowest BCUT2D eigenvalue weighted by Crippen LogP contribution is -2.48. The van der Waals surface area contributed by atoms with Gasteiger partial charge in [-0.3, -0.25) is 0 Å². The minimum atomic E-state index is -0.436. The summed E-state index contributed by atoms with van der Waals surface area (Å²) in [7, 11) is 0. The highest BCUT2D eigenvalue weighted by molar-refractivity contribution is 5.14. The van der Waals surface area contributed by atoms with Crippen LogP contribution in [0.15, 0.2) is 36.0 Å². The molecule has 0 aromatic rings. The fraction of sp³-hybridized carbons (Fsp3) is 0.750. The number of ether oxygens (including phenoxy) is 2. The van der Waals surface area contributed by atoms with Crippen molar-refractivity contribution in [3.63, 3.8) is 0 Å². The first-order valence-electron chi connectivity index (χ1n) is 10.8. The summed E-state index contributed by atoms with van der Waals surface area (Å²) in [6, 6.07) is 0. The van der Waals surface area contributed by atoms with E-state index in [2.05, 4.69) is 45.9 Å². The van der Waals surface area contributed by atoms with Gasteiger partial charge in [-0.15, -0.1) is 0 Å². The average Bonchev–Trinajstić information content (AvgIpc) is 3.10. The molecule has 1 aliphatic carbocycles. The Kier molecular flexibility index (Phi) is 8.78. The molecule has 2 fully saturated rings. The van der Waals surface area contributed by atoms with Crippen molar-refractivity contribution in [3.05, 3.63) is 36.0 Å². The van der Waals surface area contributed by atoms with E-state index in [-0.39, 0.29) is 11.5 Å². The van der Waals surface area contributed by atoms with E-state index in [0.717, 1.165) is 32.1 Å². The summed E-state index contributed by atoms with van der Waals surface area (Å²) in [5, 5.41) is 10.2. The lowest BCUT2D eigenvalue weighted by molar-refractivity contribution is -0.235. The summed E-state index contributed by atoms with van der Waals surface area (Å²) in [5.41, 5.74) is 1.30. The van der Waals surface area contributed by atoms with E-state index in [1.165, 1.54) is 24.8 Å². The topological polar surface area (TPSA) is 38.7 Å². The van der Waals surface area contributed by atoms with Gasteiger partial charge in [0.25, 0.3) is 0 Å². The second-order valence-electron chi connectivity index (χ2n) is 8.93. The van der Waals surface area contributed by atoms with E-state index in [1.54, 1.807) is 0 Å². The van der Waals surface area contributed by atoms with Gasteiger partial charge in [-0.1, -0.05) is 56.2 Å². The van der Waals surface area contributed by atoms with Crippen LogP contribution in [0.4, 0.5) is 0 Å². The van der Waals surface area contributed by atoms with Crippen LogP contribution in [0, 0.1) is 11.3 Å². The van der Waals surface area contributed by atoms with Crippen molar-refractivity contribution >= 4 is 0 Å². The zero-order valence-electron chi connectivity index (χ0n) is 17.9. The lowest BCUT2D eigenvalue weighted by Gasteiger charge is -2.46. The van der Waals surface area contributed by atoms with Gasteiger partial charge in [-0.05, 0) is 58.3 Å². The zero-order chi connectivity index (χ0) is 19.8. The Morgan fingerprint density at radius 2 is 1.74 bits per heavy atom. The van der Waals surface area contributed by atoms with Gasteiger partial charge in [0.15, 0.2) is 5.79 Å². The normalized spacial score (nSPS) is 27.4. The number of hydrogen-bond donors (Lipinski definition) is 1. The van der Waals surface area contributed by atoms with E-state index in [0.29, 0.717) is 19.1 Å². The molecule has 1 saturated heterocycles. The van der Waals surface area contributed by atoms with Gasteiger partial charge in [0, 0.05) is 11.8 Å². The maximum Gasteiger partial charge on any atom is 0.177 e. The monoisotopic (exact) mass is 376 g/mol. The van der Waals surface area contributed by atoms with Crippen molar-refractivity contribution in [3.8, 4) is 0 Å². The number of allylic oxidation sites excluding steroid dienone is 4. The van der Waals surface area contributed by atoms with Crippen LogP contribution in [0.3, 0.4) is 0 Å². The minimum Gasteiger partial charge on any atom is -0.389 e. The number of hydrogen-bond acceptors (Lipinski definition) is 3. The van der Waals surface area contributed by atoms with Crippen molar-refractivity contribution in [1.82, 2.24) is 0 Å². The quantitative estimate of drug-likeness (QED) is 0.399. The van der Waals surface area contributed by atoms with Crippen LogP contribution >= 0.6 is 0 Å². The Morgan fingerprint density at radius 3 is 2.44 bits per heavy atom. The fourth-order valence-corrected chi connectivity index (χ4v) is 4.28. The molecule has 0 bridgehead atoms. The first kappa shape index (κ1) is 22.4. The first-order chi connectivity index (χ1) is 12.9. The summed E-state index contributed by atoms with van der Waals surface area (Å²) < 4.78 is 12.1. The second kappa shape index (κ2) is 10.6. The molecule has 1 aliphatic heterocycles. The molecule has 3 unspecified atom stereocenters. The predicted molar refractivity (Wildman–Crippen MR) is 113 cm³/mol. The summed E-state index contributed by atoms with van der Waals surface area (Å²) in [4.78, 5) is 0. The molecule has 2 rings (SSSR count). The molecule has 154 valence electrons. The van der Waals surface area contributed by atoms with E-state index in [9.17, 15) is 5.11 Å². The van der Waals surface area contributed by atoms with Crippen LogP contribution in [0.5, 0.6) is 0 Å². The SMILES string of the molecule is CC(C)=CCCC(C)CCC(O)/C=C/C=C/C1(C)CCCCC12OCCO2. The first-order valence-corrected chi connectivity index (χ1v) is 10.8. The molecule has 0 amide bonds. The fourth-order valence-electron chi connectivity index (χ4n) is 4.28. The Bertz CT molecular complexity index is 524. The van der Waals surface area contributed by atoms with Crippen LogP contribution in [-0.4, -0.2) is 30.2 Å². The van der Waals surface area contributed by atoms with Gasteiger partial charge in [-0.25, -0.2) is 0 Å². The summed E-state index contributed by atoms with van der Waals surface area (Å²) in [5.74, 6) is 0.214. The number of aliphatic hydroxyl groups excluding tert-OH is 1. The maximum absolute atomic E-state index is 10.2. The van der Waals surface area contributed by atoms with Crippen molar-refractivity contribution in [2.75, 3.05) is 13.2 Å². The molecule has 1 N–H and O–H groups in total. The Balaban J connectivity index is 1.77. The van der Waals surface area contributed by atoms with Gasteiger partial charge in [-0.2, -0.15) is 0 Å². The molecule has 0 aromatic carbocycles. The Labute approximate surface area is 166 Å². The predicted octanol–water partition coefficient (Wildman–Crippen LogP) is 5.95. The van der Waals surface area contributed by atoms with Crippen molar-refractivity contribution < 1.29 is 14.6 Å². The van der Waals surface area contributed by atoms with E-state index >= 15 is 0 Å². The highest BCUT2D eigenvalue weighted by Crippen LogP contribution is 2.50. The standard InChI is InChI=1S/C24H40O3/c1-20(2)10-9-11-21(3)13-14-22(25)12-5-6-15-23(4)16-7-8-17-24(23)26-18-19-27-24/h5-6,10,12,15,21-22,25H,7-9,11,13-14,16-19H2,1-4H3/b12-5+,15-6+. The molecule has 3 heteroatoms. The smallest absolute Gasteiger partial charge is 0.177 e. The summed E-state index contributed by atoms with van der Waals surface area (Å²) >= 11 is 0. The molecule has 1 saturated carbocycles. The van der Waals surface area contributed by atoms with Gasteiger partial charge in [0.2, 0.25) is 0 Å². The molecule has 0 aromatic heterocycles. The van der Waals surface area contributed by atoms with Gasteiger partial charge >= 0.3 is 0 Å². The van der Waals surface area contributed by atoms with Crippen LogP contribution in [0.25, 0.3) is 0 Å². The largest absolute Gasteiger partial charge is 0.389 e. The molecule has 3 nitrogen and oxygen atoms in total. The number of aliphatic hydroxyl groups is 1. The van der Waals surface area contributed by atoms with Gasteiger partial charge in [0.1, 0.15) is 0 Å². The molecule has 1 spiro atoms. The molecular formula is C24H40O3. The van der Waals surface area contributed by atoms with E-state index < -0.39 is 5.79 Å². The van der Waals surface area contributed by atoms with Crippen molar-refractivity contribution in [1.29, 1.82) is 0 Å². The van der Waals surface area contributed by atoms with E-state index in [1.807, 2.05) is 12.2 Å². The maximum atomic E-state index is 10.2. The van der Waals surface area contributed by atoms with Crippen LogP contribution in [0.2, 0.25) is 0 Å². The molecule has 2 aliphatic rings. The third-order valence-electron chi connectivity index (χ3n) is 6.15. The molecule has 3 atom stereocenters. The molecule has 1 heterocycles. The molecule has 27 heavy (non-hydrogen) atoms. The summed E-state index contributed by atoms with van der Waals surface area (Å²) in [6.07, 6.45) is 18.8. The Morgan fingerprint density at radius 1 is 1.04 bits per heavy atom. The Hall–Kier alpha value is -0.900. The molecular weight excluding hydrogens is 336 g/mol. The van der Waals surface area contributed by atoms with Crippen molar-refractivity contribution in [2.45, 2.75) is 91.0 Å². The second-order valence-corrected chi connectivity index (χ2v) is 8.93. The van der Waals surface area contributed by atoms with Crippen LogP contribution < -0.4 is 0 Å². The van der Waals surface area contributed by atoms with E-state index in [4.69, 9.17) is 9.47 Å². The number of rotatable bonds is 9. The van der Waals surface area contributed by atoms with Gasteiger partial charge in [0.05, 0.1) is 19.3 Å². The third-order valence-corrected chi connectivity index (χ3v) is 6.15. The van der Waals surface area contributed by atoms with Gasteiger partial charge < -0.3 is 14.6 Å². The zero-order valence-corrected chi connectivity index (χ0v) is 17.9. The third kappa shape index (κ3) is 6.58. The van der Waals surface area contributed by atoms with Crippen LogP contribution in [0.1, 0.15) is 79.1 Å². The lowest BCUT2D eigenvalue weighted by atomic mass is 9.70. The average molecular weight is 377 g/mol. The highest BCUT2D eigenvalue weighted by atomic mass is 16.7. The highest BCUT2D eigenvalue weighted by Gasteiger charge is 2.52.